The van der Waals surface area contributed by atoms with E-state index in [2.05, 4.69) is 0 Å². The average molecular weight is 372 g/mol. The maximum absolute atomic E-state index is 13.9. The molecule has 3 aliphatic heterocycles. The van der Waals surface area contributed by atoms with Gasteiger partial charge in [-0.05, 0) is 25.7 Å². The molecule has 3 aliphatic rings. The van der Waals surface area contributed by atoms with E-state index in [0.29, 0.717) is 24.2 Å². The van der Waals surface area contributed by atoms with E-state index >= 15 is 0 Å². The fourth-order valence-electron chi connectivity index (χ4n) is 3.30. The largest absolute Gasteiger partial charge is 0.454 e. The molecule has 0 N–H and O–H groups in total. The zero-order valence-electron chi connectivity index (χ0n) is 13.1. The van der Waals surface area contributed by atoms with Crippen molar-refractivity contribution in [3.8, 4) is 0 Å². The summed E-state index contributed by atoms with van der Waals surface area (Å²) in [6, 6.07) is -0.946. The zero-order valence-corrected chi connectivity index (χ0v) is 13.1. The number of imide groups is 1. The van der Waals surface area contributed by atoms with Crippen LogP contribution in [0.15, 0.2) is 0 Å². The predicted molar refractivity (Wildman–Crippen MR) is 71.4 cm³/mol. The van der Waals surface area contributed by atoms with E-state index in [9.17, 15) is 31.5 Å². The Morgan fingerprint density at radius 2 is 1.48 bits per heavy atom. The molecule has 11 heteroatoms. The van der Waals surface area contributed by atoms with Gasteiger partial charge in [0.25, 0.3) is 0 Å². The highest BCUT2D eigenvalue weighted by Crippen LogP contribution is 2.44. The topological polar surface area (TPSA) is 59.1 Å². The molecule has 0 spiro atoms. The third-order valence-corrected chi connectivity index (χ3v) is 4.63. The quantitative estimate of drug-likeness (QED) is 0.714. The highest BCUT2D eigenvalue weighted by molar-refractivity contribution is 5.99. The second kappa shape index (κ2) is 6.35. The molecule has 0 aromatic carbocycles. The van der Waals surface area contributed by atoms with Crippen molar-refractivity contribution in [3.63, 3.8) is 0 Å². The Hall–Kier alpha value is -1.49. The first-order valence-corrected chi connectivity index (χ1v) is 7.96. The highest BCUT2D eigenvalue weighted by atomic mass is 19.4. The molecular formula is C14H17F5N2O4. The van der Waals surface area contributed by atoms with Gasteiger partial charge >= 0.3 is 18.1 Å². The summed E-state index contributed by atoms with van der Waals surface area (Å²) in [7, 11) is 0. The molecule has 3 saturated heterocycles. The molecule has 3 atom stereocenters. The van der Waals surface area contributed by atoms with E-state index in [-0.39, 0.29) is 19.6 Å². The molecule has 0 aliphatic carbocycles. The summed E-state index contributed by atoms with van der Waals surface area (Å²) in [4.78, 5) is 26.1. The van der Waals surface area contributed by atoms with Crippen LogP contribution >= 0.6 is 0 Å². The van der Waals surface area contributed by atoms with Crippen LogP contribution in [0.1, 0.15) is 25.7 Å². The molecule has 0 aromatic rings. The number of alkyl halides is 5. The lowest BCUT2D eigenvalue weighted by molar-refractivity contribution is -0.303. The number of nitrogens with zero attached hydrogens (tertiary/aromatic N) is 2. The predicted octanol–water partition coefficient (Wildman–Crippen LogP) is 2.34. The number of rotatable bonds is 3. The fourth-order valence-corrected chi connectivity index (χ4v) is 3.30. The van der Waals surface area contributed by atoms with E-state index in [1.165, 1.54) is 0 Å². The lowest BCUT2D eigenvalue weighted by atomic mass is 9.95. The molecule has 6 nitrogen and oxygen atoms in total. The lowest BCUT2D eigenvalue weighted by Gasteiger charge is -2.44. The van der Waals surface area contributed by atoms with Gasteiger partial charge in [0.1, 0.15) is 18.4 Å². The second-order valence-corrected chi connectivity index (χ2v) is 6.25. The van der Waals surface area contributed by atoms with E-state index in [4.69, 9.17) is 9.47 Å². The number of carbonyl (C=O) groups excluding carboxylic acids is 2. The van der Waals surface area contributed by atoms with Crippen molar-refractivity contribution < 1.29 is 41.0 Å². The zero-order chi connectivity index (χ0) is 18.4. The van der Waals surface area contributed by atoms with Crippen LogP contribution in [0.3, 0.4) is 0 Å². The molecule has 25 heavy (non-hydrogen) atoms. The molecule has 0 radical (unpaired) electrons. The van der Waals surface area contributed by atoms with Gasteiger partial charge in [-0.3, -0.25) is 9.69 Å². The normalized spacial score (nSPS) is 32.0. The molecule has 3 amide bonds. The van der Waals surface area contributed by atoms with Gasteiger partial charge in [-0.15, -0.1) is 0 Å². The van der Waals surface area contributed by atoms with E-state index < -0.39 is 49.0 Å². The second-order valence-electron chi connectivity index (χ2n) is 6.25. The minimum Gasteiger partial charge on any atom is -0.358 e. The standard InChI is InChI=1S/C14H17F5N2O4/c15-13(16,14(17,18)19)8-7-20(9-3-1-5-24-9)12(23)21(11(8)22)10-4-2-6-25-10/h8-10H,1-7H2. The number of carbonyl (C=O) groups is 2. The van der Waals surface area contributed by atoms with Gasteiger partial charge in [0.05, 0.1) is 0 Å². The maximum Gasteiger partial charge on any atom is 0.454 e. The summed E-state index contributed by atoms with van der Waals surface area (Å²) in [6.45, 7) is -0.581. The van der Waals surface area contributed by atoms with Crippen LogP contribution in [0.5, 0.6) is 0 Å². The van der Waals surface area contributed by atoms with Crippen LogP contribution in [-0.4, -0.2) is 66.1 Å². The van der Waals surface area contributed by atoms with Gasteiger partial charge in [0.15, 0.2) is 0 Å². The molecule has 0 aromatic heterocycles. The number of halogens is 5. The average Bonchev–Trinajstić information content (AvgIpc) is 3.19. The van der Waals surface area contributed by atoms with Crippen molar-refractivity contribution in [2.24, 2.45) is 5.92 Å². The minimum atomic E-state index is -5.90. The third-order valence-electron chi connectivity index (χ3n) is 4.63. The molecule has 3 fully saturated rings. The van der Waals surface area contributed by atoms with Crippen molar-refractivity contribution in [2.45, 2.75) is 50.2 Å². The minimum absolute atomic E-state index is 0.196. The highest BCUT2D eigenvalue weighted by Gasteiger charge is 2.67. The van der Waals surface area contributed by atoms with Gasteiger partial charge < -0.3 is 9.47 Å². The van der Waals surface area contributed by atoms with Gasteiger partial charge in [0.2, 0.25) is 5.91 Å². The van der Waals surface area contributed by atoms with Crippen molar-refractivity contribution >= 4 is 11.9 Å². The number of urea groups is 1. The summed E-state index contributed by atoms with van der Waals surface area (Å²) < 4.78 is 76.7. The Morgan fingerprint density at radius 1 is 0.920 bits per heavy atom. The number of ether oxygens (including phenoxy) is 2. The summed E-state index contributed by atoms with van der Waals surface area (Å²) in [5.41, 5.74) is 0. The molecule has 142 valence electrons. The van der Waals surface area contributed by atoms with Crippen LogP contribution in [0.4, 0.5) is 26.7 Å². The number of hydrogen-bond donors (Lipinski definition) is 0. The van der Waals surface area contributed by atoms with Crippen LogP contribution in [0.2, 0.25) is 0 Å². The van der Waals surface area contributed by atoms with E-state index in [1.807, 2.05) is 0 Å². The van der Waals surface area contributed by atoms with Crippen LogP contribution in [0.25, 0.3) is 0 Å². The summed E-state index contributed by atoms with van der Waals surface area (Å²) in [5.74, 6) is -9.55. The number of amides is 3. The Balaban J connectivity index is 1.94. The van der Waals surface area contributed by atoms with Crippen molar-refractivity contribution in [1.82, 2.24) is 9.80 Å². The Bertz CT molecular complexity index is 544. The van der Waals surface area contributed by atoms with Crippen molar-refractivity contribution in [3.05, 3.63) is 0 Å². The summed E-state index contributed by atoms with van der Waals surface area (Å²) >= 11 is 0. The maximum atomic E-state index is 13.9. The first-order chi connectivity index (χ1) is 11.6. The monoisotopic (exact) mass is 372 g/mol. The van der Waals surface area contributed by atoms with Gasteiger partial charge in [-0.1, -0.05) is 0 Å². The Labute approximate surface area is 139 Å². The van der Waals surface area contributed by atoms with Gasteiger partial charge in [-0.2, -0.15) is 22.0 Å². The van der Waals surface area contributed by atoms with Crippen molar-refractivity contribution in [1.29, 1.82) is 0 Å². The molecule has 3 heterocycles. The first kappa shape index (κ1) is 18.3. The van der Waals surface area contributed by atoms with Crippen LogP contribution in [-0.2, 0) is 14.3 Å². The molecule has 0 bridgehead atoms. The summed E-state index contributed by atoms with van der Waals surface area (Å²) in [6.07, 6.45) is -6.43. The van der Waals surface area contributed by atoms with E-state index in [1.54, 1.807) is 0 Å². The molecular weight excluding hydrogens is 355 g/mol. The summed E-state index contributed by atoms with van der Waals surface area (Å²) in [5, 5.41) is 0. The molecule has 0 saturated carbocycles. The third kappa shape index (κ3) is 3.07. The van der Waals surface area contributed by atoms with Gasteiger partial charge in [0, 0.05) is 19.8 Å². The van der Waals surface area contributed by atoms with Crippen LogP contribution < -0.4 is 0 Å². The van der Waals surface area contributed by atoms with Crippen LogP contribution in [0, 0.1) is 5.92 Å². The first-order valence-electron chi connectivity index (χ1n) is 7.96. The smallest absolute Gasteiger partial charge is 0.358 e. The lowest BCUT2D eigenvalue weighted by Crippen LogP contribution is -2.66. The van der Waals surface area contributed by atoms with E-state index in [0.717, 1.165) is 4.90 Å². The molecule has 3 rings (SSSR count). The Kier molecular flexibility index (Phi) is 4.65. The molecule has 3 unspecified atom stereocenters. The van der Waals surface area contributed by atoms with Gasteiger partial charge in [-0.25, -0.2) is 9.69 Å². The SMILES string of the molecule is O=C1C(C(F)(F)C(F)(F)F)CN(C2CCCO2)C(=O)N1C1CCCO1. The Morgan fingerprint density at radius 3 is 1.96 bits per heavy atom. The number of hydrogen-bond acceptors (Lipinski definition) is 4. The fraction of sp³-hybridized carbons (Fsp3) is 0.857. The van der Waals surface area contributed by atoms with Crippen molar-refractivity contribution in [2.75, 3.05) is 19.8 Å².